The summed E-state index contributed by atoms with van der Waals surface area (Å²) in [5.41, 5.74) is 0. The van der Waals surface area contributed by atoms with Crippen LogP contribution in [-0.4, -0.2) is 55.5 Å². The van der Waals surface area contributed by atoms with E-state index < -0.39 is 6.09 Å². The van der Waals surface area contributed by atoms with Crippen LogP contribution in [-0.2, 0) is 4.74 Å². The monoisotopic (exact) mass is 188 g/mol. The van der Waals surface area contributed by atoms with Gasteiger partial charge in [-0.2, -0.15) is 0 Å². The number of ether oxygens (including phenoxy) is 1. The number of hydrogen-bond donors (Lipinski definition) is 2. The number of nitrogens with zero attached hydrogens (tertiary/aromatic N) is 1. The highest BCUT2D eigenvalue weighted by atomic mass is 16.5. The van der Waals surface area contributed by atoms with Gasteiger partial charge in [0, 0.05) is 26.7 Å². The molecule has 0 unspecified atom stereocenters. The predicted octanol–water partition coefficient (Wildman–Crippen LogP) is -0.0253. The van der Waals surface area contributed by atoms with Crippen LogP contribution in [0.4, 0.5) is 4.79 Å². The molecule has 1 amide bonds. The summed E-state index contributed by atoms with van der Waals surface area (Å²) in [6, 6.07) is 0. The van der Waals surface area contributed by atoms with Crippen LogP contribution in [0.15, 0.2) is 0 Å². The summed E-state index contributed by atoms with van der Waals surface area (Å²) in [4.78, 5) is 11.7. The summed E-state index contributed by atoms with van der Waals surface area (Å²) < 4.78 is 5.43. The predicted molar refractivity (Wildman–Crippen MR) is 47.9 cm³/mol. The molecule has 0 saturated carbocycles. The van der Waals surface area contributed by atoms with E-state index in [1.54, 1.807) is 7.05 Å². The fraction of sp³-hybridized carbons (Fsp3) is 0.875. The van der Waals surface area contributed by atoms with Crippen LogP contribution in [0, 0.1) is 0 Å². The molecule has 0 aromatic carbocycles. The minimum Gasteiger partial charge on any atom is -0.465 e. The Labute approximate surface area is 77.7 Å². The second kappa shape index (κ2) is 5.04. The van der Waals surface area contributed by atoms with Crippen molar-refractivity contribution in [2.45, 2.75) is 12.5 Å². The van der Waals surface area contributed by atoms with Crippen molar-refractivity contribution in [1.82, 2.24) is 10.2 Å². The maximum Gasteiger partial charge on any atom is 0.407 e. The van der Waals surface area contributed by atoms with Crippen LogP contribution in [0.25, 0.3) is 0 Å². The molecular weight excluding hydrogens is 172 g/mol. The fourth-order valence-electron chi connectivity index (χ4n) is 1.24. The molecule has 1 aliphatic rings. The van der Waals surface area contributed by atoms with E-state index in [0.717, 1.165) is 26.1 Å². The van der Waals surface area contributed by atoms with Gasteiger partial charge in [-0.25, -0.2) is 4.79 Å². The van der Waals surface area contributed by atoms with Crippen LogP contribution >= 0.6 is 0 Å². The van der Waals surface area contributed by atoms with E-state index >= 15 is 0 Å². The van der Waals surface area contributed by atoms with Crippen molar-refractivity contribution < 1.29 is 14.6 Å². The van der Waals surface area contributed by atoms with E-state index in [2.05, 4.69) is 5.32 Å². The molecule has 2 N–H and O–H groups in total. The van der Waals surface area contributed by atoms with E-state index in [9.17, 15) is 4.79 Å². The summed E-state index contributed by atoms with van der Waals surface area (Å²) in [6.07, 6.45) is 0.0369. The van der Waals surface area contributed by atoms with Gasteiger partial charge in [-0.3, -0.25) is 0 Å². The highest BCUT2D eigenvalue weighted by Gasteiger charge is 2.14. The lowest BCUT2D eigenvalue weighted by Gasteiger charge is -2.25. The largest absolute Gasteiger partial charge is 0.465 e. The van der Waals surface area contributed by atoms with Gasteiger partial charge in [-0.05, 0) is 6.42 Å². The van der Waals surface area contributed by atoms with Crippen LogP contribution in [0.3, 0.4) is 0 Å². The number of rotatable bonds is 3. The average molecular weight is 188 g/mol. The van der Waals surface area contributed by atoms with Gasteiger partial charge in [0.25, 0.3) is 0 Å². The van der Waals surface area contributed by atoms with Crippen molar-refractivity contribution in [3.63, 3.8) is 0 Å². The smallest absolute Gasteiger partial charge is 0.407 e. The fourth-order valence-corrected chi connectivity index (χ4v) is 1.24. The molecule has 0 aliphatic carbocycles. The highest BCUT2D eigenvalue weighted by Crippen LogP contribution is 2.02. The van der Waals surface area contributed by atoms with Crippen molar-refractivity contribution in [3.8, 4) is 0 Å². The SMILES string of the molecule is CN(CC[C@@H]1CNCCO1)C(=O)O. The second-order valence-electron chi connectivity index (χ2n) is 3.19. The maximum absolute atomic E-state index is 10.4. The van der Waals surface area contributed by atoms with E-state index in [4.69, 9.17) is 9.84 Å². The lowest BCUT2D eigenvalue weighted by atomic mass is 10.2. The molecule has 76 valence electrons. The van der Waals surface area contributed by atoms with Gasteiger partial charge in [0.15, 0.2) is 0 Å². The summed E-state index contributed by atoms with van der Waals surface area (Å²) >= 11 is 0. The number of carbonyl (C=O) groups is 1. The molecule has 1 heterocycles. The zero-order valence-electron chi connectivity index (χ0n) is 7.82. The molecule has 1 rings (SSSR count). The molecule has 1 fully saturated rings. The number of morpholine rings is 1. The normalized spacial score (nSPS) is 22.7. The molecule has 0 bridgehead atoms. The maximum atomic E-state index is 10.4. The Bertz CT molecular complexity index is 169. The molecule has 1 aliphatic heterocycles. The minimum absolute atomic E-state index is 0.163. The van der Waals surface area contributed by atoms with Crippen molar-refractivity contribution in [2.75, 3.05) is 33.3 Å². The Hall–Kier alpha value is -0.810. The van der Waals surface area contributed by atoms with E-state index in [1.165, 1.54) is 4.90 Å². The Morgan fingerprint density at radius 1 is 1.77 bits per heavy atom. The van der Waals surface area contributed by atoms with E-state index in [1.807, 2.05) is 0 Å². The Kier molecular flexibility index (Phi) is 3.98. The molecule has 1 atom stereocenters. The zero-order chi connectivity index (χ0) is 9.68. The summed E-state index contributed by atoms with van der Waals surface area (Å²) in [7, 11) is 1.57. The zero-order valence-corrected chi connectivity index (χ0v) is 7.82. The van der Waals surface area contributed by atoms with Gasteiger partial charge in [0.2, 0.25) is 0 Å². The van der Waals surface area contributed by atoms with E-state index in [-0.39, 0.29) is 6.10 Å². The number of carboxylic acid groups (broad SMARTS) is 1. The van der Waals surface area contributed by atoms with Gasteiger partial charge in [-0.15, -0.1) is 0 Å². The van der Waals surface area contributed by atoms with Crippen molar-refractivity contribution >= 4 is 6.09 Å². The first-order valence-electron chi connectivity index (χ1n) is 4.46. The highest BCUT2D eigenvalue weighted by molar-refractivity contribution is 5.64. The third kappa shape index (κ3) is 3.61. The molecule has 5 heteroatoms. The number of amides is 1. The molecule has 0 spiro atoms. The molecule has 1 saturated heterocycles. The number of nitrogens with one attached hydrogen (secondary N) is 1. The first-order chi connectivity index (χ1) is 6.20. The van der Waals surface area contributed by atoms with Crippen molar-refractivity contribution in [3.05, 3.63) is 0 Å². The standard InChI is InChI=1S/C8H16N2O3/c1-10(8(11)12)4-2-7-6-9-3-5-13-7/h7,9H,2-6H2,1H3,(H,11,12)/t7-/m1/s1. The second-order valence-corrected chi connectivity index (χ2v) is 3.19. The van der Waals surface area contributed by atoms with Crippen molar-refractivity contribution in [2.24, 2.45) is 0 Å². The van der Waals surface area contributed by atoms with Crippen molar-refractivity contribution in [1.29, 1.82) is 0 Å². The molecule has 5 nitrogen and oxygen atoms in total. The van der Waals surface area contributed by atoms with Gasteiger partial charge in [0.05, 0.1) is 12.7 Å². The lowest BCUT2D eigenvalue weighted by molar-refractivity contribution is 0.0193. The van der Waals surface area contributed by atoms with Gasteiger partial charge in [0.1, 0.15) is 0 Å². The molecular formula is C8H16N2O3. The minimum atomic E-state index is -0.885. The van der Waals surface area contributed by atoms with Crippen LogP contribution in [0.1, 0.15) is 6.42 Å². The van der Waals surface area contributed by atoms with Gasteiger partial charge >= 0.3 is 6.09 Å². The van der Waals surface area contributed by atoms with Gasteiger partial charge in [-0.1, -0.05) is 0 Å². The summed E-state index contributed by atoms with van der Waals surface area (Å²) in [5.74, 6) is 0. The molecule has 0 radical (unpaired) electrons. The van der Waals surface area contributed by atoms with Crippen LogP contribution < -0.4 is 5.32 Å². The average Bonchev–Trinajstić information content (AvgIpc) is 2.15. The Balaban J connectivity index is 2.13. The first kappa shape index (κ1) is 10.3. The summed E-state index contributed by atoms with van der Waals surface area (Å²) in [5, 5.41) is 11.8. The lowest BCUT2D eigenvalue weighted by Crippen LogP contribution is -2.40. The third-order valence-corrected chi connectivity index (χ3v) is 2.12. The molecule has 0 aromatic rings. The van der Waals surface area contributed by atoms with E-state index in [0.29, 0.717) is 6.54 Å². The van der Waals surface area contributed by atoms with Crippen LogP contribution in [0.5, 0.6) is 0 Å². The van der Waals surface area contributed by atoms with Crippen LogP contribution in [0.2, 0.25) is 0 Å². The van der Waals surface area contributed by atoms with Gasteiger partial charge < -0.3 is 20.1 Å². The quantitative estimate of drug-likeness (QED) is 0.653. The number of hydrogen-bond acceptors (Lipinski definition) is 3. The Morgan fingerprint density at radius 2 is 2.54 bits per heavy atom. The molecule has 0 aromatic heterocycles. The first-order valence-corrected chi connectivity index (χ1v) is 4.46. The Morgan fingerprint density at radius 3 is 3.08 bits per heavy atom. The molecule has 13 heavy (non-hydrogen) atoms. The third-order valence-electron chi connectivity index (χ3n) is 2.12. The summed E-state index contributed by atoms with van der Waals surface area (Å²) in [6.45, 7) is 2.97. The topological polar surface area (TPSA) is 61.8 Å².